The van der Waals surface area contributed by atoms with E-state index in [1.807, 2.05) is 11.8 Å². The highest BCUT2D eigenvalue weighted by Gasteiger charge is 2.27. The minimum absolute atomic E-state index is 0.0683. The summed E-state index contributed by atoms with van der Waals surface area (Å²) in [6, 6.07) is 8.89. The topological polar surface area (TPSA) is 96.6 Å². The third-order valence-corrected chi connectivity index (χ3v) is 5.78. The third kappa shape index (κ3) is 5.32. The maximum absolute atomic E-state index is 12.3. The molecular weight excluding hydrogens is 392 g/mol. The van der Waals surface area contributed by atoms with E-state index in [1.54, 1.807) is 0 Å². The Morgan fingerprint density at radius 2 is 1.81 bits per heavy atom. The fourth-order valence-electron chi connectivity index (χ4n) is 4.17. The van der Waals surface area contributed by atoms with Crippen LogP contribution in [0.2, 0.25) is 0 Å². The molecule has 8 nitrogen and oxygen atoms in total. The molecule has 2 aromatic rings. The van der Waals surface area contributed by atoms with Crippen molar-refractivity contribution in [2.24, 2.45) is 5.73 Å². The lowest BCUT2D eigenvalue weighted by Crippen LogP contribution is -2.39. The second kappa shape index (κ2) is 9.62. The van der Waals surface area contributed by atoms with E-state index in [-0.39, 0.29) is 18.5 Å². The summed E-state index contributed by atoms with van der Waals surface area (Å²) in [6.07, 6.45) is 3.79. The average molecular weight is 425 g/mol. The zero-order chi connectivity index (χ0) is 21.8. The van der Waals surface area contributed by atoms with E-state index in [0.29, 0.717) is 23.7 Å². The summed E-state index contributed by atoms with van der Waals surface area (Å²) in [7, 11) is 0. The van der Waals surface area contributed by atoms with Crippen LogP contribution in [0.25, 0.3) is 0 Å². The number of fused-ring (bicyclic) bond motifs is 1. The van der Waals surface area contributed by atoms with Gasteiger partial charge in [-0.1, -0.05) is 37.6 Å². The predicted octanol–water partition coefficient (Wildman–Crippen LogP) is 2.80. The molecule has 0 aliphatic carbocycles. The van der Waals surface area contributed by atoms with Crippen molar-refractivity contribution in [1.29, 1.82) is 0 Å². The molecular formula is C23H32N6O2. The van der Waals surface area contributed by atoms with Gasteiger partial charge in [-0.05, 0) is 50.4 Å². The number of hydrogen-bond donors (Lipinski definition) is 2. The van der Waals surface area contributed by atoms with Crippen molar-refractivity contribution >= 4 is 17.4 Å². The molecule has 1 atom stereocenters. The van der Waals surface area contributed by atoms with Crippen molar-refractivity contribution < 1.29 is 9.53 Å². The molecule has 31 heavy (non-hydrogen) atoms. The van der Waals surface area contributed by atoms with E-state index >= 15 is 0 Å². The molecule has 166 valence electrons. The maximum atomic E-state index is 12.3. The number of anilines is 2. The van der Waals surface area contributed by atoms with E-state index in [1.165, 1.54) is 31.5 Å². The Morgan fingerprint density at radius 1 is 1.13 bits per heavy atom. The standard InChI is InChI=1S/C23H32N6O2/c1-3-6-19(24)31-23-25-16(2)21-22(27-23)29(15-20(30)26-21)14-18-9-7-17(8-10-18)13-28-11-4-5-12-28/h7-10,19H,3-6,11-15,24H2,1-2H3,(H,26,30). The number of nitrogens with one attached hydrogen (secondary N) is 1. The maximum Gasteiger partial charge on any atom is 0.320 e. The molecule has 0 saturated carbocycles. The molecule has 2 aliphatic rings. The van der Waals surface area contributed by atoms with Crippen LogP contribution in [-0.4, -0.2) is 46.6 Å². The van der Waals surface area contributed by atoms with Crippen molar-refractivity contribution in [3.63, 3.8) is 0 Å². The summed E-state index contributed by atoms with van der Waals surface area (Å²) in [5, 5.41) is 2.90. The summed E-state index contributed by atoms with van der Waals surface area (Å²) < 4.78 is 5.72. The summed E-state index contributed by atoms with van der Waals surface area (Å²) in [5.74, 6) is 0.605. The van der Waals surface area contributed by atoms with Crippen LogP contribution in [0.3, 0.4) is 0 Å². The molecule has 0 radical (unpaired) electrons. The molecule has 0 bridgehead atoms. The largest absolute Gasteiger partial charge is 0.445 e. The molecule has 1 unspecified atom stereocenters. The first-order valence-electron chi connectivity index (χ1n) is 11.2. The molecule has 4 rings (SSSR count). The Morgan fingerprint density at radius 3 is 2.48 bits per heavy atom. The highest BCUT2D eigenvalue weighted by molar-refractivity contribution is 6.00. The van der Waals surface area contributed by atoms with Crippen LogP contribution in [0.5, 0.6) is 6.01 Å². The average Bonchev–Trinajstić information content (AvgIpc) is 3.23. The molecule has 1 fully saturated rings. The second-order valence-electron chi connectivity index (χ2n) is 8.44. The van der Waals surface area contributed by atoms with Gasteiger partial charge in [-0.3, -0.25) is 15.4 Å². The van der Waals surface area contributed by atoms with Crippen molar-refractivity contribution in [3.05, 3.63) is 41.1 Å². The fraction of sp³-hybridized carbons (Fsp3) is 0.522. The minimum Gasteiger partial charge on any atom is -0.445 e. The van der Waals surface area contributed by atoms with Crippen molar-refractivity contribution in [2.75, 3.05) is 29.9 Å². The number of nitrogens with zero attached hydrogens (tertiary/aromatic N) is 4. The van der Waals surface area contributed by atoms with Gasteiger partial charge in [0.2, 0.25) is 5.91 Å². The number of aromatic nitrogens is 2. The lowest BCUT2D eigenvalue weighted by atomic mass is 10.1. The third-order valence-electron chi connectivity index (χ3n) is 5.78. The van der Waals surface area contributed by atoms with Gasteiger partial charge in [-0.2, -0.15) is 9.97 Å². The van der Waals surface area contributed by atoms with E-state index in [0.717, 1.165) is 24.9 Å². The van der Waals surface area contributed by atoms with E-state index < -0.39 is 6.23 Å². The van der Waals surface area contributed by atoms with E-state index in [2.05, 4.69) is 51.4 Å². The van der Waals surface area contributed by atoms with Crippen molar-refractivity contribution in [3.8, 4) is 6.01 Å². The first kappa shape index (κ1) is 21.5. The predicted molar refractivity (Wildman–Crippen MR) is 121 cm³/mol. The number of rotatable bonds is 8. The Hall–Kier alpha value is -2.71. The van der Waals surface area contributed by atoms with Gasteiger partial charge in [0.25, 0.3) is 0 Å². The minimum atomic E-state index is -0.447. The number of carbonyl (C=O) groups is 1. The van der Waals surface area contributed by atoms with Crippen LogP contribution >= 0.6 is 0 Å². The SMILES string of the molecule is CCCC(N)Oc1nc(C)c2c(n1)N(Cc1ccc(CN3CCCC3)cc1)CC(=O)N2. The highest BCUT2D eigenvalue weighted by atomic mass is 16.5. The van der Waals surface area contributed by atoms with Gasteiger partial charge < -0.3 is 15.0 Å². The number of amides is 1. The zero-order valence-corrected chi connectivity index (χ0v) is 18.4. The summed E-state index contributed by atoms with van der Waals surface area (Å²) in [6.45, 7) is 8.09. The smallest absolute Gasteiger partial charge is 0.320 e. The van der Waals surface area contributed by atoms with Gasteiger partial charge >= 0.3 is 6.01 Å². The monoisotopic (exact) mass is 424 g/mol. The summed E-state index contributed by atoms with van der Waals surface area (Å²) in [5.41, 5.74) is 9.76. The number of likely N-dealkylation sites (tertiary alicyclic amines) is 1. The van der Waals surface area contributed by atoms with Crippen LogP contribution in [0.1, 0.15) is 49.4 Å². The molecule has 1 amide bonds. The number of nitrogens with two attached hydrogens (primary N) is 1. The van der Waals surface area contributed by atoms with E-state index in [4.69, 9.17) is 10.5 Å². The van der Waals surface area contributed by atoms with Crippen molar-refractivity contribution in [2.45, 2.75) is 58.8 Å². The Labute approximate surface area is 183 Å². The van der Waals surface area contributed by atoms with Crippen LogP contribution in [0.15, 0.2) is 24.3 Å². The normalized spacial score (nSPS) is 17.4. The number of hydrogen-bond acceptors (Lipinski definition) is 7. The molecule has 2 aliphatic heterocycles. The molecule has 1 aromatic carbocycles. The Kier molecular flexibility index (Phi) is 6.67. The molecule has 8 heteroatoms. The summed E-state index contributed by atoms with van der Waals surface area (Å²) >= 11 is 0. The van der Waals surface area contributed by atoms with Gasteiger partial charge in [0.15, 0.2) is 12.0 Å². The number of carbonyl (C=O) groups excluding carboxylic acids is 1. The fourth-order valence-corrected chi connectivity index (χ4v) is 4.17. The number of benzene rings is 1. The first-order chi connectivity index (χ1) is 15.0. The number of aryl methyl sites for hydroxylation is 1. The van der Waals surface area contributed by atoms with Gasteiger partial charge in [0, 0.05) is 13.1 Å². The lowest BCUT2D eigenvalue weighted by molar-refractivity contribution is -0.115. The summed E-state index contributed by atoms with van der Waals surface area (Å²) in [4.78, 5) is 25.7. The molecule has 1 aromatic heterocycles. The quantitative estimate of drug-likeness (QED) is 0.629. The number of ether oxygens (including phenoxy) is 1. The van der Waals surface area contributed by atoms with Gasteiger partial charge in [0.05, 0.1) is 12.2 Å². The van der Waals surface area contributed by atoms with Crippen LogP contribution in [0, 0.1) is 6.92 Å². The first-order valence-corrected chi connectivity index (χ1v) is 11.2. The Bertz CT molecular complexity index is 911. The molecule has 3 N–H and O–H groups in total. The second-order valence-corrected chi connectivity index (χ2v) is 8.44. The molecule has 3 heterocycles. The van der Waals surface area contributed by atoms with Crippen molar-refractivity contribution in [1.82, 2.24) is 14.9 Å². The van der Waals surface area contributed by atoms with Crippen LogP contribution in [0.4, 0.5) is 11.5 Å². The molecule has 1 saturated heterocycles. The lowest BCUT2D eigenvalue weighted by Gasteiger charge is -2.30. The highest BCUT2D eigenvalue weighted by Crippen LogP contribution is 2.32. The van der Waals surface area contributed by atoms with Gasteiger partial charge in [-0.25, -0.2) is 0 Å². The van der Waals surface area contributed by atoms with E-state index in [9.17, 15) is 4.79 Å². The molecule has 0 spiro atoms. The zero-order valence-electron chi connectivity index (χ0n) is 18.4. The van der Waals surface area contributed by atoms with Crippen LogP contribution in [-0.2, 0) is 17.9 Å². The Balaban J connectivity index is 1.51. The van der Waals surface area contributed by atoms with Gasteiger partial charge in [-0.15, -0.1) is 0 Å². The van der Waals surface area contributed by atoms with Gasteiger partial charge in [0.1, 0.15) is 5.69 Å². The van der Waals surface area contributed by atoms with Crippen LogP contribution < -0.4 is 20.7 Å².